The molecule has 1 saturated heterocycles. The number of hydrogen-bond donors (Lipinski definition) is 1. The number of aromatic nitrogens is 1. The van der Waals surface area contributed by atoms with Gasteiger partial charge in [0.1, 0.15) is 23.7 Å². The van der Waals surface area contributed by atoms with E-state index in [0.717, 1.165) is 40.3 Å². The third-order valence-corrected chi connectivity index (χ3v) is 6.42. The van der Waals surface area contributed by atoms with E-state index in [4.69, 9.17) is 10.00 Å². The molecule has 1 saturated carbocycles. The zero-order valence-electron chi connectivity index (χ0n) is 15.1. The molecule has 1 N–H and O–H groups in total. The van der Waals surface area contributed by atoms with Crippen molar-refractivity contribution in [2.45, 2.75) is 25.0 Å². The van der Waals surface area contributed by atoms with Crippen LogP contribution < -0.4 is 10.1 Å². The van der Waals surface area contributed by atoms with Crippen LogP contribution in [0.4, 0.5) is 4.39 Å². The highest BCUT2D eigenvalue weighted by Gasteiger charge is 2.41. The maximum absolute atomic E-state index is 14.3. The number of benzene rings is 2. The van der Waals surface area contributed by atoms with Crippen molar-refractivity contribution in [3.8, 4) is 33.4 Å². The van der Waals surface area contributed by atoms with Gasteiger partial charge in [0, 0.05) is 17.8 Å². The molecule has 2 aromatic carbocycles. The Hall–Kier alpha value is -2.75. The van der Waals surface area contributed by atoms with Gasteiger partial charge in [0.2, 0.25) is 0 Å². The molecule has 2 heterocycles. The Morgan fingerprint density at radius 2 is 2.14 bits per heavy atom. The first-order valence-corrected chi connectivity index (χ1v) is 10.1. The number of ether oxygens (including phenoxy) is 1. The highest BCUT2D eigenvalue weighted by Crippen LogP contribution is 2.43. The Morgan fingerprint density at radius 1 is 1.21 bits per heavy atom. The van der Waals surface area contributed by atoms with Crippen molar-refractivity contribution < 1.29 is 9.13 Å². The zero-order valence-corrected chi connectivity index (χ0v) is 15.9. The summed E-state index contributed by atoms with van der Waals surface area (Å²) in [4.78, 5) is 0.978. The van der Waals surface area contributed by atoms with Crippen molar-refractivity contribution in [3.63, 3.8) is 0 Å². The first-order chi connectivity index (χ1) is 13.7. The minimum Gasteiger partial charge on any atom is -0.488 e. The second-order valence-electron chi connectivity index (χ2n) is 7.37. The molecular weight excluding hydrogens is 373 g/mol. The van der Waals surface area contributed by atoms with Crippen molar-refractivity contribution in [1.82, 2.24) is 9.69 Å². The number of halogens is 1. The molecule has 1 aliphatic heterocycles. The van der Waals surface area contributed by atoms with Crippen molar-refractivity contribution >= 4 is 11.5 Å². The molecule has 3 atom stereocenters. The highest BCUT2D eigenvalue weighted by atomic mass is 32.1. The number of rotatable bonds is 4. The topological polar surface area (TPSA) is 57.9 Å². The lowest BCUT2D eigenvalue weighted by Crippen LogP contribution is -2.40. The summed E-state index contributed by atoms with van der Waals surface area (Å²) in [5.41, 5.74) is 2.57. The third kappa shape index (κ3) is 2.97. The molecule has 2 bridgehead atoms. The first-order valence-electron chi connectivity index (χ1n) is 9.37. The normalized spacial score (nSPS) is 22.9. The number of hydrogen-bond acceptors (Lipinski definition) is 5. The van der Waals surface area contributed by atoms with E-state index in [9.17, 15) is 4.39 Å². The summed E-state index contributed by atoms with van der Waals surface area (Å²) in [5.74, 6) is 0.974. The fourth-order valence-electron chi connectivity index (χ4n) is 4.33. The van der Waals surface area contributed by atoms with Crippen molar-refractivity contribution in [2.24, 2.45) is 5.92 Å². The molecule has 140 valence electrons. The highest BCUT2D eigenvalue weighted by molar-refractivity contribution is 7.09. The molecule has 2 aliphatic rings. The number of fused-ring (bicyclic) bond motifs is 2. The van der Waals surface area contributed by atoms with E-state index in [-0.39, 0.29) is 11.7 Å². The number of nitrogens with one attached hydrogen (secondary N) is 1. The summed E-state index contributed by atoms with van der Waals surface area (Å²) in [7, 11) is 0. The molecule has 1 aliphatic carbocycles. The molecule has 0 spiro atoms. The second-order valence-corrected chi connectivity index (χ2v) is 8.20. The van der Waals surface area contributed by atoms with E-state index in [1.165, 1.54) is 30.1 Å². The van der Waals surface area contributed by atoms with E-state index < -0.39 is 5.82 Å². The van der Waals surface area contributed by atoms with Gasteiger partial charge in [0.25, 0.3) is 0 Å². The molecule has 5 rings (SSSR count). The van der Waals surface area contributed by atoms with Crippen LogP contribution in [0.25, 0.3) is 21.6 Å². The molecule has 3 unspecified atom stereocenters. The summed E-state index contributed by atoms with van der Waals surface area (Å²) >= 11 is 1.39. The molecule has 0 radical (unpaired) electrons. The summed E-state index contributed by atoms with van der Waals surface area (Å²) in [6.45, 7) is 1.08. The Balaban J connectivity index is 1.59. The van der Waals surface area contributed by atoms with Crippen LogP contribution in [0.1, 0.15) is 18.4 Å². The summed E-state index contributed by atoms with van der Waals surface area (Å²) in [6, 6.07) is 14.8. The maximum Gasteiger partial charge on any atom is 0.141 e. The van der Waals surface area contributed by atoms with Crippen LogP contribution in [-0.4, -0.2) is 23.1 Å². The minimum atomic E-state index is -0.515. The molecule has 4 nitrogen and oxygen atoms in total. The zero-order chi connectivity index (χ0) is 19.1. The summed E-state index contributed by atoms with van der Waals surface area (Å²) < 4.78 is 25.0. The number of nitrogens with zero attached hydrogens (tertiary/aromatic N) is 2. The van der Waals surface area contributed by atoms with Crippen LogP contribution in [0.3, 0.4) is 0 Å². The predicted molar refractivity (Wildman–Crippen MR) is 107 cm³/mol. The lowest BCUT2D eigenvalue weighted by Gasteiger charge is -2.26. The van der Waals surface area contributed by atoms with Gasteiger partial charge < -0.3 is 10.1 Å². The quantitative estimate of drug-likeness (QED) is 0.705. The average Bonchev–Trinajstić information content (AvgIpc) is 3.46. The van der Waals surface area contributed by atoms with E-state index in [1.54, 1.807) is 12.3 Å². The molecule has 6 heteroatoms. The molecular formula is C22H18FN3OS. The van der Waals surface area contributed by atoms with Gasteiger partial charge >= 0.3 is 0 Å². The van der Waals surface area contributed by atoms with E-state index >= 15 is 0 Å². The molecule has 28 heavy (non-hydrogen) atoms. The lowest BCUT2D eigenvalue weighted by atomic mass is 9.96. The van der Waals surface area contributed by atoms with Crippen LogP contribution >= 0.6 is 11.5 Å². The number of piperidine rings is 1. The van der Waals surface area contributed by atoms with E-state index in [1.807, 2.05) is 30.3 Å². The smallest absolute Gasteiger partial charge is 0.141 e. The fraction of sp³-hybridized carbons (Fsp3) is 0.273. The predicted octanol–water partition coefficient (Wildman–Crippen LogP) is 4.62. The van der Waals surface area contributed by atoms with Gasteiger partial charge in [-0.25, -0.2) is 8.76 Å². The largest absolute Gasteiger partial charge is 0.488 e. The molecule has 3 aromatic rings. The van der Waals surface area contributed by atoms with Crippen LogP contribution in [0, 0.1) is 23.1 Å². The Morgan fingerprint density at radius 3 is 2.82 bits per heavy atom. The van der Waals surface area contributed by atoms with E-state index in [2.05, 4.69) is 9.69 Å². The lowest BCUT2D eigenvalue weighted by molar-refractivity contribution is 0.159. The second kappa shape index (κ2) is 7.01. The van der Waals surface area contributed by atoms with Crippen LogP contribution in [0.15, 0.2) is 48.7 Å². The Bertz CT molecular complexity index is 1060. The first kappa shape index (κ1) is 17.4. The van der Waals surface area contributed by atoms with Crippen molar-refractivity contribution in [3.05, 3.63) is 60.0 Å². The van der Waals surface area contributed by atoms with Crippen LogP contribution in [0.2, 0.25) is 0 Å². The Labute approximate surface area is 166 Å². The van der Waals surface area contributed by atoms with Gasteiger partial charge in [-0.2, -0.15) is 5.26 Å². The van der Waals surface area contributed by atoms with E-state index in [0.29, 0.717) is 12.0 Å². The Kier molecular flexibility index (Phi) is 4.34. The van der Waals surface area contributed by atoms with Crippen molar-refractivity contribution in [1.29, 1.82) is 5.26 Å². The standard InChI is InChI=1S/C22H18FN3OS/c23-17-10-14(4-5-15(17)11-24)16-2-1-3-19(22(16)21-6-7-26-28-21)27-20-9-13-8-18(20)25-12-13/h1-7,10,13,18,20,25H,8-9,12H2. The van der Waals surface area contributed by atoms with Gasteiger partial charge in [-0.15, -0.1) is 0 Å². The molecule has 2 fully saturated rings. The van der Waals surface area contributed by atoms with Gasteiger partial charge in [-0.3, -0.25) is 0 Å². The van der Waals surface area contributed by atoms with Crippen molar-refractivity contribution in [2.75, 3.05) is 6.54 Å². The average molecular weight is 391 g/mol. The van der Waals surface area contributed by atoms with Gasteiger partial charge in [0.05, 0.1) is 10.4 Å². The SMILES string of the molecule is N#Cc1ccc(-c2cccc(OC3CC4CNC3C4)c2-c2ccns2)cc1F. The third-order valence-electron chi connectivity index (χ3n) is 5.66. The fourth-order valence-corrected chi connectivity index (χ4v) is 4.99. The van der Waals surface area contributed by atoms with Gasteiger partial charge in [-0.05, 0) is 72.2 Å². The monoisotopic (exact) mass is 391 g/mol. The van der Waals surface area contributed by atoms with Crippen LogP contribution in [-0.2, 0) is 0 Å². The number of nitriles is 1. The summed E-state index contributed by atoms with van der Waals surface area (Å²) in [5, 5.41) is 12.5. The summed E-state index contributed by atoms with van der Waals surface area (Å²) in [6.07, 6.45) is 4.15. The van der Waals surface area contributed by atoms with Crippen LogP contribution in [0.5, 0.6) is 5.75 Å². The molecule has 0 amide bonds. The van der Waals surface area contributed by atoms with Gasteiger partial charge in [0.15, 0.2) is 0 Å². The van der Waals surface area contributed by atoms with Gasteiger partial charge in [-0.1, -0.05) is 18.2 Å². The molecule has 1 aromatic heterocycles. The minimum absolute atomic E-state index is 0.0450. The maximum atomic E-state index is 14.3.